The molecule has 1 fully saturated rings. The first kappa shape index (κ1) is 13.0. The maximum atomic E-state index is 11.4. The third-order valence-corrected chi connectivity index (χ3v) is 3.05. The molecule has 0 aromatic rings. The molecule has 0 bridgehead atoms. The van der Waals surface area contributed by atoms with Crippen molar-refractivity contribution in [1.29, 1.82) is 0 Å². The summed E-state index contributed by atoms with van der Waals surface area (Å²) in [5.41, 5.74) is 0.116. The number of ether oxygens (including phenoxy) is 1. The van der Waals surface area contributed by atoms with Gasteiger partial charge in [0, 0.05) is 19.0 Å². The van der Waals surface area contributed by atoms with E-state index in [9.17, 15) is 9.59 Å². The highest BCUT2D eigenvalue weighted by Crippen LogP contribution is 2.30. The van der Waals surface area contributed by atoms with Gasteiger partial charge in [-0.2, -0.15) is 0 Å². The van der Waals surface area contributed by atoms with Crippen molar-refractivity contribution >= 4 is 11.9 Å². The van der Waals surface area contributed by atoms with Crippen molar-refractivity contribution in [3.63, 3.8) is 0 Å². The maximum absolute atomic E-state index is 11.4. The van der Waals surface area contributed by atoms with E-state index in [-0.39, 0.29) is 11.4 Å². The van der Waals surface area contributed by atoms with Gasteiger partial charge in [-0.3, -0.25) is 4.79 Å². The molecular formula is C11H20N2O3. The lowest BCUT2D eigenvalue weighted by molar-refractivity contribution is -0.144. The minimum absolute atomic E-state index is 0.116. The predicted molar refractivity (Wildman–Crippen MR) is 59.9 cm³/mol. The van der Waals surface area contributed by atoms with Crippen LogP contribution in [-0.4, -0.2) is 37.1 Å². The van der Waals surface area contributed by atoms with E-state index in [4.69, 9.17) is 0 Å². The Balaban J connectivity index is 2.43. The van der Waals surface area contributed by atoms with Crippen molar-refractivity contribution in [2.24, 2.45) is 0 Å². The minimum atomic E-state index is -0.597. The summed E-state index contributed by atoms with van der Waals surface area (Å²) in [6.45, 7) is 3.93. The van der Waals surface area contributed by atoms with Gasteiger partial charge >= 0.3 is 5.97 Å². The van der Waals surface area contributed by atoms with Gasteiger partial charge in [0.15, 0.2) is 0 Å². The zero-order valence-electron chi connectivity index (χ0n) is 10.1. The highest BCUT2D eigenvalue weighted by molar-refractivity contribution is 5.83. The van der Waals surface area contributed by atoms with Crippen molar-refractivity contribution in [2.45, 2.75) is 44.7 Å². The molecule has 0 radical (unpaired) electrons. The summed E-state index contributed by atoms with van der Waals surface area (Å²) in [7, 11) is 1.32. The van der Waals surface area contributed by atoms with Crippen LogP contribution in [0, 0.1) is 0 Å². The van der Waals surface area contributed by atoms with E-state index in [1.165, 1.54) is 20.5 Å². The first-order chi connectivity index (χ1) is 7.47. The summed E-state index contributed by atoms with van der Waals surface area (Å²) in [4.78, 5) is 22.3. The molecule has 1 saturated carbocycles. The SMILES string of the molecule is COC(=O)C(CNC1(C)CCC1)NC(C)=O. The molecule has 5 heteroatoms. The molecule has 1 aliphatic rings. The predicted octanol–water partition coefficient (Wildman–Crippen LogP) is 0.196. The number of esters is 1. The van der Waals surface area contributed by atoms with E-state index < -0.39 is 12.0 Å². The van der Waals surface area contributed by atoms with Gasteiger partial charge in [-0.25, -0.2) is 4.79 Å². The molecule has 0 aromatic heterocycles. The van der Waals surface area contributed by atoms with Gasteiger partial charge in [0.1, 0.15) is 6.04 Å². The quantitative estimate of drug-likeness (QED) is 0.659. The molecule has 1 rings (SSSR count). The Morgan fingerprint density at radius 1 is 1.44 bits per heavy atom. The zero-order valence-corrected chi connectivity index (χ0v) is 10.1. The molecule has 1 atom stereocenters. The van der Waals surface area contributed by atoms with E-state index in [0.29, 0.717) is 6.54 Å². The van der Waals surface area contributed by atoms with Crippen LogP contribution in [0.15, 0.2) is 0 Å². The third kappa shape index (κ3) is 3.48. The molecular weight excluding hydrogens is 208 g/mol. The third-order valence-electron chi connectivity index (χ3n) is 3.05. The fraction of sp³-hybridized carbons (Fsp3) is 0.818. The van der Waals surface area contributed by atoms with E-state index >= 15 is 0 Å². The summed E-state index contributed by atoms with van der Waals surface area (Å²) in [6.07, 6.45) is 3.44. The van der Waals surface area contributed by atoms with Crippen molar-refractivity contribution in [3.8, 4) is 0 Å². The number of hydrogen-bond acceptors (Lipinski definition) is 4. The van der Waals surface area contributed by atoms with Gasteiger partial charge < -0.3 is 15.4 Å². The number of carbonyl (C=O) groups excluding carboxylic acids is 2. The molecule has 1 amide bonds. The Bertz CT molecular complexity index is 274. The second kappa shape index (κ2) is 5.30. The Morgan fingerprint density at radius 2 is 2.06 bits per heavy atom. The molecule has 92 valence electrons. The van der Waals surface area contributed by atoms with Crippen LogP contribution in [0.3, 0.4) is 0 Å². The average molecular weight is 228 g/mol. The standard InChI is InChI=1S/C11H20N2O3/c1-8(14)13-9(10(15)16-3)7-12-11(2)5-4-6-11/h9,12H,4-7H2,1-3H3,(H,13,14). The summed E-state index contributed by atoms with van der Waals surface area (Å²) in [5.74, 6) is -0.637. The lowest BCUT2D eigenvalue weighted by Crippen LogP contribution is -2.55. The average Bonchev–Trinajstić information content (AvgIpc) is 2.19. The van der Waals surface area contributed by atoms with Gasteiger partial charge in [-0.15, -0.1) is 0 Å². The van der Waals surface area contributed by atoms with Crippen LogP contribution in [0.2, 0.25) is 0 Å². The second-order valence-electron chi connectivity index (χ2n) is 4.57. The minimum Gasteiger partial charge on any atom is -0.467 e. The molecule has 1 unspecified atom stereocenters. The molecule has 0 saturated heterocycles. The normalized spacial score (nSPS) is 19.4. The van der Waals surface area contributed by atoms with Crippen LogP contribution in [0.5, 0.6) is 0 Å². The number of nitrogens with one attached hydrogen (secondary N) is 2. The van der Waals surface area contributed by atoms with Gasteiger partial charge in [0.05, 0.1) is 7.11 Å². The first-order valence-electron chi connectivity index (χ1n) is 5.57. The number of amides is 1. The molecule has 2 N–H and O–H groups in total. The topological polar surface area (TPSA) is 67.4 Å². The molecule has 5 nitrogen and oxygen atoms in total. The van der Waals surface area contributed by atoms with Gasteiger partial charge in [-0.1, -0.05) is 0 Å². The molecule has 0 heterocycles. The second-order valence-corrected chi connectivity index (χ2v) is 4.57. The highest BCUT2D eigenvalue weighted by atomic mass is 16.5. The van der Waals surface area contributed by atoms with E-state index in [0.717, 1.165) is 12.8 Å². The summed E-state index contributed by atoms with van der Waals surface area (Å²) in [5, 5.41) is 5.88. The Hall–Kier alpha value is -1.10. The first-order valence-corrected chi connectivity index (χ1v) is 5.57. The molecule has 1 aliphatic carbocycles. The number of rotatable bonds is 5. The lowest BCUT2D eigenvalue weighted by atomic mass is 9.78. The van der Waals surface area contributed by atoms with Crippen LogP contribution in [0.25, 0.3) is 0 Å². The fourth-order valence-corrected chi connectivity index (χ4v) is 1.81. The van der Waals surface area contributed by atoms with Gasteiger partial charge in [0.2, 0.25) is 5.91 Å². The van der Waals surface area contributed by atoms with E-state index in [1.807, 2.05) is 0 Å². The highest BCUT2D eigenvalue weighted by Gasteiger charge is 2.32. The van der Waals surface area contributed by atoms with Gasteiger partial charge in [0.25, 0.3) is 0 Å². The number of methoxy groups -OCH3 is 1. The zero-order chi connectivity index (χ0) is 12.2. The van der Waals surface area contributed by atoms with E-state index in [2.05, 4.69) is 22.3 Å². The largest absolute Gasteiger partial charge is 0.467 e. The molecule has 0 spiro atoms. The van der Waals surface area contributed by atoms with Crippen molar-refractivity contribution in [3.05, 3.63) is 0 Å². The van der Waals surface area contributed by atoms with Crippen LogP contribution < -0.4 is 10.6 Å². The van der Waals surface area contributed by atoms with Crippen molar-refractivity contribution in [1.82, 2.24) is 10.6 Å². The fourth-order valence-electron chi connectivity index (χ4n) is 1.81. The van der Waals surface area contributed by atoms with Crippen LogP contribution in [0.1, 0.15) is 33.1 Å². The Morgan fingerprint density at radius 3 is 2.44 bits per heavy atom. The molecule has 0 aromatic carbocycles. The van der Waals surface area contributed by atoms with Gasteiger partial charge in [-0.05, 0) is 26.2 Å². The van der Waals surface area contributed by atoms with Crippen molar-refractivity contribution in [2.75, 3.05) is 13.7 Å². The smallest absolute Gasteiger partial charge is 0.329 e. The van der Waals surface area contributed by atoms with Crippen LogP contribution >= 0.6 is 0 Å². The van der Waals surface area contributed by atoms with Crippen LogP contribution in [0.4, 0.5) is 0 Å². The molecule has 0 aliphatic heterocycles. The monoisotopic (exact) mass is 228 g/mol. The summed E-state index contributed by atoms with van der Waals surface area (Å²) < 4.78 is 4.64. The lowest BCUT2D eigenvalue weighted by Gasteiger charge is -2.40. The Labute approximate surface area is 95.9 Å². The van der Waals surface area contributed by atoms with E-state index in [1.54, 1.807) is 0 Å². The summed E-state index contributed by atoms with van der Waals surface area (Å²) in [6, 6.07) is -0.597. The number of hydrogen-bond donors (Lipinski definition) is 2. The van der Waals surface area contributed by atoms with Crippen LogP contribution in [-0.2, 0) is 14.3 Å². The van der Waals surface area contributed by atoms with Crippen molar-refractivity contribution < 1.29 is 14.3 Å². The maximum Gasteiger partial charge on any atom is 0.329 e. The number of carbonyl (C=O) groups is 2. The molecule has 16 heavy (non-hydrogen) atoms. The Kier molecular flexibility index (Phi) is 4.29. The summed E-state index contributed by atoms with van der Waals surface area (Å²) >= 11 is 0.